The minimum atomic E-state index is -3.13. The molecule has 2 saturated carbocycles. The molecule has 7 heteroatoms. The van der Waals surface area contributed by atoms with Crippen LogP contribution in [0, 0.1) is 23.6 Å². The first kappa shape index (κ1) is 11.2. The minimum Gasteiger partial charge on any atom is -0.338 e. The summed E-state index contributed by atoms with van der Waals surface area (Å²) in [6, 6.07) is 1.67. The topological polar surface area (TPSA) is 69.6 Å². The fraction of sp³-hybridized carbons (Fsp3) is 0.714. The quantitative estimate of drug-likeness (QED) is 0.683. The van der Waals surface area contributed by atoms with Gasteiger partial charge in [0.25, 0.3) is 0 Å². The third-order valence-electron chi connectivity index (χ3n) is 6.14. The molecule has 0 radical (unpaired) electrons. The van der Waals surface area contributed by atoms with E-state index in [2.05, 4.69) is 9.97 Å². The lowest BCUT2D eigenvalue weighted by molar-refractivity contribution is -0.140. The number of imide groups is 1. The van der Waals surface area contributed by atoms with Crippen LogP contribution in [0.2, 0.25) is 0 Å². The fourth-order valence-corrected chi connectivity index (χ4v) is 4.76. The van der Waals surface area contributed by atoms with Crippen molar-refractivity contribution in [3.63, 3.8) is 0 Å². The van der Waals surface area contributed by atoms with Gasteiger partial charge in [0.1, 0.15) is 0 Å². The highest BCUT2D eigenvalue weighted by Crippen LogP contribution is 2.56. The predicted molar refractivity (Wildman–Crippen MR) is 104 cm³/mol. The molecule has 0 aromatic carbocycles. The maximum absolute atomic E-state index is 13.2. The Morgan fingerprint density at radius 1 is 1.00 bits per heavy atom. The van der Waals surface area contributed by atoms with Gasteiger partial charge >= 0.3 is 0 Å². The maximum Gasteiger partial charge on any atom is 0.233 e. The van der Waals surface area contributed by atoms with Crippen molar-refractivity contribution in [2.24, 2.45) is 23.6 Å². The molecule has 7 nitrogen and oxygen atoms in total. The predicted octanol–water partition coefficient (Wildman–Crippen LogP) is 1.41. The van der Waals surface area contributed by atoms with Gasteiger partial charge in [0.2, 0.25) is 17.8 Å². The first-order valence-electron chi connectivity index (χ1n) is 13.8. The zero-order valence-electron chi connectivity index (χ0n) is 23.6. The van der Waals surface area contributed by atoms with E-state index in [4.69, 9.17) is 11.0 Å². The van der Waals surface area contributed by atoms with Gasteiger partial charge in [-0.1, -0.05) is 0 Å². The second-order valence-electron chi connectivity index (χ2n) is 7.67. The Balaban J connectivity index is 1.33. The van der Waals surface area contributed by atoms with Crippen molar-refractivity contribution in [2.75, 3.05) is 44.1 Å². The number of carbonyl (C=O) groups excluding carboxylic acids is 2. The second kappa shape index (κ2) is 7.43. The normalized spacial score (nSPS) is 43.4. The molecule has 28 heavy (non-hydrogen) atoms. The molecule has 0 spiro atoms. The average molecular weight is 392 g/mol. The molecule has 4 aliphatic rings. The summed E-state index contributed by atoms with van der Waals surface area (Å²) in [7, 11) is 0. The van der Waals surface area contributed by atoms with Gasteiger partial charge < -0.3 is 4.90 Å². The fourth-order valence-electron chi connectivity index (χ4n) is 4.76. The van der Waals surface area contributed by atoms with Crippen molar-refractivity contribution in [2.45, 2.75) is 32.0 Å². The van der Waals surface area contributed by atoms with Crippen LogP contribution in [0.1, 0.15) is 43.0 Å². The number of amides is 2. The zero-order valence-corrected chi connectivity index (χ0v) is 15.6. The zero-order chi connectivity index (χ0) is 26.3. The summed E-state index contributed by atoms with van der Waals surface area (Å²) in [5, 5.41) is 0. The number of carbonyl (C=O) groups is 2. The van der Waals surface area contributed by atoms with Gasteiger partial charge in [-0.25, -0.2) is 9.97 Å². The Bertz CT molecular complexity index is 1040. The van der Waals surface area contributed by atoms with Crippen molar-refractivity contribution >= 4 is 17.8 Å². The standard InChI is InChI=1S/C21H29N5O2/c27-19-17-15-4-5-16(14-15)18(17)20(28)26(19)9-2-1-8-24-10-12-25(13-11-24)21-22-6-3-7-23-21/h3,6-7,15-18H,1-2,4-5,8-14H2/t15-,16+,17-,18+/i1D2,2D2,8D2,17D,18D. The van der Waals surface area contributed by atoms with E-state index in [0.717, 1.165) is 0 Å². The first-order chi connectivity index (χ1) is 16.7. The summed E-state index contributed by atoms with van der Waals surface area (Å²) in [6.07, 6.45) is -1.39. The number of aromatic nitrogens is 2. The largest absolute Gasteiger partial charge is 0.338 e. The third-order valence-corrected chi connectivity index (χ3v) is 6.14. The highest BCUT2D eigenvalue weighted by molar-refractivity contribution is 6.06. The van der Waals surface area contributed by atoms with Crippen molar-refractivity contribution in [3.05, 3.63) is 18.5 Å². The van der Waals surface area contributed by atoms with Crippen molar-refractivity contribution in [3.8, 4) is 0 Å². The van der Waals surface area contributed by atoms with E-state index >= 15 is 0 Å². The summed E-state index contributed by atoms with van der Waals surface area (Å²) in [5.74, 6) is -6.37. The van der Waals surface area contributed by atoms with Gasteiger partial charge in [-0.3, -0.25) is 19.4 Å². The van der Waals surface area contributed by atoms with E-state index in [1.807, 2.05) is 4.90 Å². The number of likely N-dealkylation sites (tertiary alicyclic amines) is 1. The lowest BCUT2D eigenvalue weighted by atomic mass is 9.81. The van der Waals surface area contributed by atoms with Gasteiger partial charge in [-0.2, -0.15) is 0 Å². The van der Waals surface area contributed by atoms with Crippen LogP contribution in [0.3, 0.4) is 0 Å². The van der Waals surface area contributed by atoms with Crippen LogP contribution < -0.4 is 4.90 Å². The number of piperazine rings is 1. The Labute approximate surface area is 177 Å². The van der Waals surface area contributed by atoms with Gasteiger partial charge in [0.15, 0.2) is 0 Å². The van der Waals surface area contributed by atoms with Crippen LogP contribution >= 0.6 is 0 Å². The summed E-state index contributed by atoms with van der Waals surface area (Å²) >= 11 is 0. The summed E-state index contributed by atoms with van der Waals surface area (Å²) in [4.78, 5) is 38.3. The second-order valence-corrected chi connectivity index (χ2v) is 7.67. The summed E-state index contributed by atoms with van der Waals surface area (Å²) in [6.45, 7) is -3.06. The molecule has 1 aromatic rings. The Hall–Kier alpha value is -2.02. The van der Waals surface area contributed by atoms with E-state index in [0.29, 0.717) is 43.2 Å². The molecule has 2 saturated heterocycles. The van der Waals surface area contributed by atoms with E-state index in [-0.39, 0.29) is 13.1 Å². The average Bonchev–Trinajstić information content (AvgIpc) is 3.47. The van der Waals surface area contributed by atoms with Crippen molar-refractivity contribution in [1.82, 2.24) is 19.8 Å². The lowest BCUT2D eigenvalue weighted by Crippen LogP contribution is -2.47. The van der Waals surface area contributed by atoms with Gasteiger partial charge in [-0.05, 0) is 56.4 Å². The monoisotopic (exact) mass is 391 g/mol. The van der Waals surface area contributed by atoms with E-state index in [1.54, 1.807) is 18.5 Å². The van der Waals surface area contributed by atoms with Crippen LogP contribution in [-0.4, -0.2) is 70.8 Å². The molecule has 150 valence electrons. The maximum atomic E-state index is 13.2. The molecule has 0 N–H and O–H groups in total. The van der Waals surface area contributed by atoms with Gasteiger partial charge in [0, 0.05) is 56.1 Å². The number of hydrogen-bond donors (Lipinski definition) is 0. The molecule has 4 atom stereocenters. The number of nitrogens with zero attached hydrogens (tertiary/aromatic N) is 5. The molecular weight excluding hydrogens is 354 g/mol. The van der Waals surface area contributed by atoms with Crippen LogP contribution in [0.15, 0.2) is 18.5 Å². The van der Waals surface area contributed by atoms with Crippen LogP contribution in [-0.2, 0) is 9.59 Å². The van der Waals surface area contributed by atoms with Gasteiger partial charge in [0.05, 0.1) is 11.8 Å². The Morgan fingerprint density at radius 2 is 1.64 bits per heavy atom. The highest BCUT2D eigenvalue weighted by atomic mass is 16.2. The number of rotatable bonds is 6. The van der Waals surface area contributed by atoms with E-state index < -0.39 is 61.2 Å². The molecule has 0 unspecified atom stereocenters. The number of fused-ring (bicyclic) bond motifs is 5. The van der Waals surface area contributed by atoms with Crippen LogP contribution in [0.4, 0.5) is 5.95 Å². The summed E-state index contributed by atoms with van der Waals surface area (Å²) < 4.78 is 68.7. The lowest BCUT2D eigenvalue weighted by Gasteiger charge is -2.34. The first-order valence-corrected chi connectivity index (χ1v) is 9.83. The molecule has 2 aliphatic heterocycles. The number of hydrogen-bond acceptors (Lipinski definition) is 6. The molecule has 2 bridgehead atoms. The van der Waals surface area contributed by atoms with Crippen LogP contribution in [0.25, 0.3) is 0 Å². The SMILES string of the molecule is [2H]C([2H])(CN1C(=O)[C@@]2([2H])[C@H]3CC[C@H](C3)[C@@]2([2H])C1=O)C([2H])([2H])C([2H])([2H])N1CCN(c2ncccn2)CC1. The molecule has 4 fully saturated rings. The number of anilines is 1. The van der Waals surface area contributed by atoms with Gasteiger partial charge in [-0.15, -0.1) is 0 Å². The highest BCUT2D eigenvalue weighted by Gasteiger charge is 2.60. The van der Waals surface area contributed by atoms with Crippen molar-refractivity contribution < 1.29 is 20.6 Å². The van der Waals surface area contributed by atoms with E-state index in [1.165, 1.54) is 4.90 Å². The molecule has 5 rings (SSSR count). The molecule has 3 heterocycles. The smallest absolute Gasteiger partial charge is 0.233 e. The Kier molecular flexibility index (Phi) is 2.98. The molecular formula is C21H29N5O2. The van der Waals surface area contributed by atoms with E-state index in [9.17, 15) is 9.59 Å². The van der Waals surface area contributed by atoms with Crippen molar-refractivity contribution in [1.29, 1.82) is 0 Å². The van der Waals surface area contributed by atoms with Crippen LogP contribution in [0.5, 0.6) is 0 Å². The molecule has 1 aromatic heterocycles. The third kappa shape index (κ3) is 3.09. The summed E-state index contributed by atoms with van der Waals surface area (Å²) in [5.41, 5.74) is 0. The Morgan fingerprint density at radius 3 is 2.29 bits per heavy atom. The minimum absolute atomic E-state index is 0.0808. The molecule has 2 aliphatic carbocycles. The molecule has 2 amide bonds.